The maximum atomic E-state index is 12.3. The average Bonchev–Trinajstić information content (AvgIpc) is 2.77. The maximum Gasteiger partial charge on any atom is 0.295 e. The molecule has 0 aliphatic rings. The Labute approximate surface area is 192 Å². The summed E-state index contributed by atoms with van der Waals surface area (Å²) in [5.74, 6) is -0.349. The van der Waals surface area contributed by atoms with Crippen LogP contribution in [-0.4, -0.2) is 39.0 Å². The molecule has 0 amide bonds. The third kappa shape index (κ3) is 6.24. The van der Waals surface area contributed by atoms with E-state index < -0.39 is 20.0 Å². The second-order valence-corrected chi connectivity index (χ2v) is 10.4. The predicted octanol–water partition coefficient (Wildman–Crippen LogP) is 3.86. The molecule has 0 aliphatic heterocycles. The van der Waals surface area contributed by atoms with Gasteiger partial charge in [0, 0.05) is 10.8 Å². The fourth-order valence-electron chi connectivity index (χ4n) is 2.82. The number of rotatable bonds is 10. The van der Waals surface area contributed by atoms with Crippen LogP contribution in [0, 0.1) is 0 Å². The van der Waals surface area contributed by atoms with E-state index in [9.17, 15) is 21.4 Å². The molecule has 0 aromatic heterocycles. The van der Waals surface area contributed by atoms with Crippen molar-refractivity contribution in [1.29, 1.82) is 0 Å². The fourth-order valence-corrected chi connectivity index (χ4v) is 4.94. The first kappa shape index (κ1) is 25.0. The predicted molar refractivity (Wildman–Crippen MR) is 119 cm³/mol. The standard InChI is InChI=1S/C18H17N3O9S3/c19-16-9-8-14-15(2-1-3-17(14)33(25,26)27)18(16)21-20-12-4-6-13(7-5-12)32(23,24)11-10-28-31-30-29-22/h1-9,22H,10-11,19H2,(H,25,26,27)/b21-20+. The first-order valence-electron chi connectivity index (χ1n) is 8.93. The number of anilines is 1. The molecule has 0 fully saturated rings. The Hall–Kier alpha value is -2.63. The SMILES string of the molecule is Nc1ccc2c(S(=O)(=O)O)cccc2c1/N=N/c1ccc(S(=O)(=O)CCOSOOO)cc1. The lowest BCUT2D eigenvalue weighted by Gasteiger charge is -2.08. The van der Waals surface area contributed by atoms with Gasteiger partial charge >= 0.3 is 0 Å². The van der Waals surface area contributed by atoms with Crippen LogP contribution in [0.2, 0.25) is 0 Å². The van der Waals surface area contributed by atoms with Crippen LogP contribution in [0.4, 0.5) is 17.1 Å². The van der Waals surface area contributed by atoms with Gasteiger partial charge in [-0.3, -0.25) is 8.74 Å². The third-order valence-corrected chi connectivity index (χ3v) is 7.29. The Morgan fingerprint density at radius 2 is 1.67 bits per heavy atom. The molecule has 3 aromatic carbocycles. The molecule has 0 saturated heterocycles. The highest BCUT2D eigenvalue weighted by atomic mass is 32.2. The second-order valence-electron chi connectivity index (χ2n) is 6.38. The zero-order valence-electron chi connectivity index (χ0n) is 16.6. The molecule has 0 heterocycles. The summed E-state index contributed by atoms with van der Waals surface area (Å²) in [5.41, 5.74) is 6.72. The Morgan fingerprint density at radius 3 is 2.33 bits per heavy atom. The molecule has 0 bridgehead atoms. The Bertz CT molecular complexity index is 1380. The number of hydrogen-bond acceptors (Lipinski definition) is 12. The molecule has 4 N–H and O–H groups in total. The number of nitrogens with zero attached hydrogens (tertiary/aromatic N) is 2. The van der Waals surface area contributed by atoms with Gasteiger partial charge in [-0.15, -0.1) is 9.45 Å². The minimum atomic E-state index is -4.46. The molecule has 176 valence electrons. The third-order valence-electron chi connectivity index (χ3n) is 4.31. The summed E-state index contributed by atoms with van der Waals surface area (Å²) >= 11 is 0.279. The number of nitrogens with two attached hydrogens (primary N) is 1. The van der Waals surface area contributed by atoms with E-state index in [1.807, 2.05) is 0 Å². The smallest absolute Gasteiger partial charge is 0.295 e. The molecule has 12 nitrogen and oxygen atoms in total. The van der Waals surface area contributed by atoms with Crippen molar-refractivity contribution in [3.8, 4) is 0 Å². The van der Waals surface area contributed by atoms with Crippen molar-refractivity contribution in [1.82, 2.24) is 0 Å². The van der Waals surface area contributed by atoms with Crippen LogP contribution >= 0.6 is 12.3 Å². The molecule has 0 saturated carbocycles. The Morgan fingerprint density at radius 1 is 0.939 bits per heavy atom. The summed E-state index contributed by atoms with van der Waals surface area (Å²) in [4.78, 5) is -0.263. The first-order valence-corrected chi connectivity index (χ1v) is 12.7. The normalized spacial score (nSPS) is 12.5. The number of benzene rings is 3. The first-order chi connectivity index (χ1) is 15.6. The largest absolute Gasteiger partial charge is 0.397 e. The van der Waals surface area contributed by atoms with E-state index in [2.05, 4.69) is 19.6 Å². The summed E-state index contributed by atoms with van der Waals surface area (Å²) in [6.45, 7) is -0.219. The highest BCUT2D eigenvalue weighted by Crippen LogP contribution is 2.36. The van der Waals surface area contributed by atoms with Crippen LogP contribution in [0.25, 0.3) is 10.8 Å². The van der Waals surface area contributed by atoms with Gasteiger partial charge in [0.2, 0.25) is 0 Å². The van der Waals surface area contributed by atoms with Gasteiger partial charge in [-0.05, 0) is 36.4 Å². The van der Waals surface area contributed by atoms with Crippen LogP contribution in [0.15, 0.2) is 74.6 Å². The van der Waals surface area contributed by atoms with Gasteiger partial charge in [-0.25, -0.2) is 13.7 Å². The molecular formula is C18H17N3O9S3. The van der Waals surface area contributed by atoms with Crippen LogP contribution in [0.5, 0.6) is 0 Å². The molecular weight excluding hydrogens is 498 g/mol. The minimum Gasteiger partial charge on any atom is -0.397 e. The van der Waals surface area contributed by atoms with Gasteiger partial charge in [-0.2, -0.15) is 13.5 Å². The van der Waals surface area contributed by atoms with Crippen LogP contribution < -0.4 is 5.73 Å². The topological polar surface area (TPSA) is 187 Å². The van der Waals surface area contributed by atoms with E-state index in [1.54, 1.807) is 6.07 Å². The van der Waals surface area contributed by atoms with Crippen molar-refractivity contribution in [2.75, 3.05) is 18.1 Å². The van der Waals surface area contributed by atoms with Crippen molar-refractivity contribution in [2.45, 2.75) is 9.79 Å². The number of sulfone groups is 1. The molecule has 3 aromatic rings. The molecule has 15 heteroatoms. The maximum absolute atomic E-state index is 12.3. The van der Waals surface area contributed by atoms with Crippen molar-refractivity contribution >= 4 is 60.1 Å². The second kappa shape index (κ2) is 10.5. The van der Waals surface area contributed by atoms with Gasteiger partial charge in [-0.1, -0.05) is 23.2 Å². The molecule has 3 rings (SSSR count). The van der Waals surface area contributed by atoms with E-state index in [1.165, 1.54) is 48.5 Å². The molecule has 0 radical (unpaired) electrons. The van der Waals surface area contributed by atoms with E-state index in [4.69, 9.17) is 15.2 Å². The number of hydrogen-bond donors (Lipinski definition) is 3. The zero-order valence-corrected chi connectivity index (χ0v) is 19.0. The van der Waals surface area contributed by atoms with Gasteiger partial charge in [0.05, 0.1) is 28.6 Å². The van der Waals surface area contributed by atoms with Crippen LogP contribution in [-0.2, 0) is 33.5 Å². The minimum absolute atomic E-state index is 0.0249. The average molecular weight is 516 g/mol. The highest BCUT2D eigenvalue weighted by molar-refractivity contribution is 7.91. The van der Waals surface area contributed by atoms with Crippen LogP contribution in [0.1, 0.15) is 0 Å². The lowest BCUT2D eigenvalue weighted by atomic mass is 10.1. The molecule has 0 spiro atoms. The fraction of sp³-hybridized carbons (Fsp3) is 0.111. The van der Waals surface area contributed by atoms with E-state index in [0.717, 1.165) is 0 Å². The lowest BCUT2D eigenvalue weighted by molar-refractivity contribution is -0.434. The van der Waals surface area contributed by atoms with Gasteiger partial charge in [0.15, 0.2) is 22.2 Å². The number of azo groups is 1. The van der Waals surface area contributed by atoms with Gasteiger partial charge < -0.3 is 5.73 Å². The number of fused-ring (bicyclic) bond motifs is 1. The van der Waals surface area contributed by atoms with Crippen LogP contribution in [0.3, 0.4) is 0 Å². The summed E-state index contributed by atoms with van der Waals surface area (Å²) in [6.07, 6.45) is 0. The Kier molecular flexibility index (Phi) is 7.98. The summed E-state index contributed by atoms with van der Waals surface area (Å²) < 4.78 is 66.1. The van der Waals surface area contributed by atoms with Gasteiger partial charge in [0.25, 0.3) is 10.1 Å². The molecule has 0 atom stereocenters. The number of nitrogen functional groups attached to an aromatic ring is 1. The van der Waals surface area contributed by atoms with Crippen molar-refractivity contribution < 1.29 is 40.2 Å². The van der Waals surface area contributed by atoms with Crippen molar-refractivity contribution in [3.05, 3.63) is 54.6 Å². The summed E-state index contributed by atoms with van der Waals surface area (Å²) in [5, 5.41) is 20.0. The van der Waals surface area contributed by atoms with Crippen molar-refractivity contribution in [2.24, 2.45) is 10.2 Å². The van der Waals surface area contributed by atoms with Gasteiger partial charge in [0.1, 0.15) is 10.6 Å². The zero-order chi connectivity index (χ0) is 24.1. The van der Waals surface area contributed by atoms with E-state index >= 15 is 0 Å². The molecule has 0 aliphatic carbocycles. The molecule has 33 heavy (non-hydrogen) atoms. The summed E-state index contributed by atoms with van der Waals surface area (Å²) in [6, 6.07) is 12.7. The van der Waals surface area contributed by atoms with Crippen molar-refractivity contribution in [3.63, 3.8) is 0 Å². The monoisotopic (exact) mass is 515 g/mol. The van der Waals surface area contributed by atoms with E-state index in [0.29, 0.717) is 11.1 Å². The van der Waals surface area contributed by atoms with E-state index in [-0.39, 0.29) is 51.2 Å². The quantitative estimate of drug-likeness (QED) is 0.0676. The Balaban J connectivity index is 1.83. The summed E-state index contributed by atoms with van der Waals surface area (Å²) in [7, 11) is -8.12. The lowest BCUT2D eigenvalue weighted by Crippen LogP contribution is -2.10. The highest BCUT2D eigenvalue weighted by Gasteiger charge is 2.17. The molecule has 0 unspecified atom stereocenters.